The molecule has 2 heteroatoms. The van der Waals surface area contributed by atoms with Crippen molar-refractivity contribution in [2.75, 3.05) is 6.61 Å². The van der Waals surface area contributed by atoms with E-state index in [1.807, 2.05) is 18.2 Å². The van der Waals surface area contributed by atoms with Crippen LogP contribution in [-0.4, -0.2) is 16.7 Å². The normalized spacial score (nSPS) is 11.0. The number of rotatable bonds is 4. The summed E-state index contributed by atoms with van der Waals surface area (Å²) in [7, 11) is 0. The van der Waals surface area contributed by atoms with E-state index in [2.05, 4.69) is 43.3 Å². The van der Waals surface area contributed by atoms with Gasteiger partial charge in [0, 0.05) is 24.1 Å². The van der Waals surface area contributed by atoms with Gasteiger partial charge in [-0.15, -0.1) is 0 Å². The molecule has 1 aromatic heterocycles. The Hall–Kier alpha value is -2.19. The van der Waals surface area contributed by atoms with Crippen LogP contribution < -0.4 is 0 Å². The SMILES string of the molecule is Cc1ccc2nc(Cc3ccccc3)c(CCO)cc2c1. The number of aromatic nitrogens is 1. The topological polar surface area (TPSA) is 33.1 Å². The molecule has 2 aromatic carbocycles. The fourth-order valence-electron chi connectivity index (χ4n) is 2.66. The Morgan fingerprint density at radius 1 is 1.00 bits per heavy atom. The number of aliphatic hydroxyl groups excluding tert-OH is 1. The summed E-state index contributed by atoms with van der Waals surface area (Å²) in [5.41, 5.74) is 5.70. The van der Waals surface area contributed by atoms with Crippen LogP contribution in [0.15, 0.2) is 54.6 Å². The van der Waals surface area contributed by atoms with Crippen LogP contribution >= 0.6 is 0 Å². The largest absolute Gasteiger partial charge is 0.396 e. The molecule has 0 aliphatic rings. The van der Waals surface area contributed by atoms with Crippen LogP contribution in [-0.2, 0) is 12.8 Å². The van der Waals surface area contributed by atoms with Crippen molar-refractivity contribution < 1.29 is 5.11 Å². The van der Waals surface area contributed by atoms with Crippen LogP contribution in [0.5, 0.6) is 0 Å². The Kier molecular flexibility index (Phi) is 3.98. The number of pyridine rings is 1. The van der Waals surface area contributed by atoms with Gasteiger partial charge in [0.05, 0.1) is 5.52 Å². The Morgan fingerprint density at radius 2 is 1.81 bits per heavy atom. The fraction of sp³-hybridized carbons (Fsp3) is 0.211. The predicted octanol–water partition coefficient (Wildman–Crippen LogP) is 3.67. The van der Waals surface area contributed by atoms with E-state index in [1.54, 1.807) is 0 Å². The summed E-state index contributed by atoms with van der Waals surface area (Å²) in [6.07, 6.45) is 1.46. The minimum absolute atomic E-state index is 0.154. The van der Waals surface area contributed by atoms with Crippen molar-refractivity contribution in [3.8, 4) is 0 Å². The molecule has 2 nitrogen and oxygen atoms in total. The van der Waals surface area contributed by atoms with E-state index in [-0.39, 0.29) is 6.61 Å². The molecule has 0 unspecified atom stereocenters. The van der Waals surface area contributed by atoms with Gasteiger partial charge in [-0.3, -0.25) is 4.98 Å². The fourth-order valence-corrected chi connectivity index (χ4v) is 2.66. The monoisotopic (exact) mass is 277 g/mol. The average Bonchev–Trinajstić information content (AvgIpc) is 2.49. The van der Waals surface area contributed by atoms with Gasteiger partial charge < -0.3 is 5.11 Å². The first-order valence-corrected chi connectivity index (χ1v) is 7.30. The van der Waals surface area contributed by atoms with Gasteiger partial charge in [-0.2, -0.15) is 0 Å². The van der Waals surface area contributed by atoms with Crippen LogP contribution in [0.25, 0.3) is 10.9 Å². The maximum atomic E-state index is 9.31. The first-order chi connectivity index (χ1) is 10.3. The summed E-state index contributed by atoms with van der Waals surface area (Å²) in [6, 6.07) is 18.8. The van der Waals surface area contributed by atoms with Crippen LogP contribution in [0, 0.1) is 6.92 Å². The lowest BCUT2D eigenvalue weighted by molar-refractivity contribution is 0.299. The summed E-state index contributed by atoms with van der Waals surface area (Å²) in [5, 5.41) is 10.5. The summed E-state index contributed by atoms with van der Waals surface area (Å²) < 4.78 is 0. The van der Waals surface area contributed by atoms with E-state index in [9.17, 15) is 5.11 Å². The number of hydrogen-bond acceptors (Lipinski definition) is 2. The van der Waals surface area contributed by atoms with E-state index in [0.29, 0.717) is 6.42 Å². The lowest BCUT2D eigenvalue weighted by Crippen LogP contribution is -2.02. The lowest BCUT2D eigenvalue weighted by Gasteiger charge is -2.10. The molecule has 0 bridgehead atoms. The Bertz CT molecular complexity index is 750. The maximum absolute atomic E-state index is 9.31. The maximum Gasteiger partial charge on any atom is 0.0705 e. The highest BCUT2D eigenvalue weighted by Gasteiger charge is 2.08. The summed E-state index contributed by atoms with van der Waals surface area (Å²) in [4.78, 5) is 4.82. The second kappa shape index (κ2) is 6.06. The zero-order valence-electron chi connectivity index (χ0n) is 12.2. The van der Waals surface area contributed by atoms with Crippen molar-refractivity contribution in [2.24, 2.45) is 0 Å². The third-order valence-corrected chi connectivity index (χ3v) is 3.73. The molecule has 0 atom stereocenters. The molecule has 0 radical (unpaired) electrons. The first-order valence-electron chi connectivity index (χ1n) is 7.30. The molecule has 1 N–H and O–H groups in total. The Balaban J connectivity index is 2.06. The summed E-state index contributed by atoms with van der Waals surface area (Å²) in [6.45, 7) is 2.24. The highest BCUT2D eigenvalue weighted by molar-refractivity contribution is 5.80. The molecular weight excluding hydrogens is 258 g/mol. The molecular formula is C19H19NO. The average molecular weight is 277 g/mol. The molecule has 0 saturated heterocycles. The molecule has 3 aromatic rings. The van der Waals surface area contributed by atoms with Crippen molar-refractivity contribution in [3.63, 3.8) is 0 Å². The number of aryl methyl sites for hydroxylation is 1. The molecule has 21 heavy (non-hydrogen) atoms. The van der Waals surface area contributed by atoms with Gasteiger partial charge in [0.2, 0.25) is 0 Å². The number of aliphatic hydroxyl groups is 1. The summed E-state index contributed by atoms with van der Waals surface area (Å²) >= 11 is 0. The van der Waals surface area contributed by atoms with Gasteiger partial charge in [-0.25, -0.2) is 0 Å². The van der Waals surface area contributed by atoms with Crippen molar-refractivity contribution in [2.45, 2.75) is 19.8 Å². The number of nitrogens with zero attached hydrogens (tertiary/aromatic N) is 1. The van der Waals surface area contributed by atoms with E-state index < -0.39 is 0 Å². The first kappa shape index (κ1) is 13.8. The van der Waals surface area contributed by atoms with Gasteiger partial charge >= 0.3 is 0 Å². The van der Waals surface area contributed by atoms with Gasteiger partial charge in [-0.05, 0) is 42.7 Å². The van der Waals surface area contributed by atoms with Crippen LogP contribution in [0.1, 0.15) is 22.4 Å². The van der Waals surface area contributed by atoms with Crippen molar-refractivity contribution >= 4 is 10.9 Å². The number of fused-ring (bicyclic) bond motifs is 1. The van der Waals surface area contributed by atoms with Crippen molar-refractivity contribution in [3.05, 3.63) is 77.0 Å². The Morgan fingerprint density at radius 3 is 2.57 bits per heavy atom. The standard InChI is InChI=1S/C19H19NO/c1-14-7-8-18-17(11-14)13-16(9-10-21)19(20-18)12-15-5-3-2-4-6-15/h2-8,11,13,21H,9-10,12H2,1H3. The molecule has 3 rings (SSSR count). The van der Waals surface area contributed by atoms with E-state index in [1.165, 1.54) is 11.1 Å². The van der Waals surface area contributed by atoms with Gasteiger partial charge in [0.15, 0.2) is 0 Å². The highest BCUT2D eigenvalue weighted by atomic mass is 16.2. The van der Waals surface area contributed by atoms with E-state index in [0.717, 1.165) is 28.6 Å². The molecule has 0 aliphatic heterocycles. The molecule has 0 amide bonds. The second-order valence-electron chi connectivity index (χ2n) is 5.43. The summed E-state index contributed by atoms with van der Waals surface area (Å²) in [5.74, 6) is 0. The molecule has 0 aliphatic carbocycles. The van der Waals surface area contributed by atoms with Gasteiger partial charge in [-0.1, -0.05) is 42.0 Å². The zero-order chi connectivity index (χ0) is 14.7. The third kappa shape index (κ3) is 3.11. The molecule has 1 heterocycles. The van der Waals surface area contributed by atoms with Crippen molar-refractivity contribution in [1.82, 2.24) is 4.98 Å². The second-order valence-corrected chi connectivity index (χ2v) is 5.43. The number of hydrogen-bond donors (Lipinski definition) is 1. The lowest BCUT2D eigenvalue weighted by atomic mass is 10.0. The quantitative estimate of drug-likeness (QED) is 0.789. The third-order valence-electron chi connectivity index (χ3n) is 3.73. The van der Waals surface area contributed by atoms with Crippen LogP contribution in [0.4, 0.5) is 0 Å². The molecule has 0 saturated carbocycles. The van der Waals surface area contributed by atoms with E-state index in [4.69, 9.17) is 4.98 Å². The number of benzene rings is 2. The van der Waals surface area contributed by atoms with Gasteiger partial charge in [0.25, 0.3) is 0 Å². The minimum atomic E-state index is 0.154. The minimum Gasteiger partial charge on any atom is -0.396 e. The Labute approximate surface area is 125 Å². The predicted molar refractivity (Wildman–Crippen MR) is 86.5 cm³/mol. The van der Waals surface area contributed by atoms with Crippen LogP contribution in [0.2, 0.25) is 0 Å². The smallest absolute Gasteiger partial charge is 0.0705 e. The highest BCUT2D eigenvalue weighted by Crippen LogP contribution is 2.21. The molecule has 106 valence electrons. The van der Waals surface area contributed by atoms with Gasteiger partial charge in [0.1, 0.15) is 0 Å². The van der Waals surface area contributed by atoms with Crippen molar-refractivity contribution in [1.29, 1.82) is 0 Å². The zero-order valence-corrected chi connectivity index (χ0v) is 12.2. The molecule has 0 fully saturated rings. The van der Waals surface area contributed by atoms with Crippen LogP contribution in [0.3, 0.4) is 0 Å². The molecule has 0 spiro atoms. The van der Waals surface area contributed by atoms with E-state index >= 15 is 0 Å².